The number of H-pyrrole nitrogens is 1. The van der Waals surface area contributed by atoms with Crippen LogP contribution in [0.1, 0.15) is 18.3 Å². The lowest BCUT2D eigenvalue weighted by Gasteiger charge is -2.19. The molecule has 0 spiro atoms. The second-order valence-corrected chi connectivity index (χ2v) is 3.13. The van der Waals surface area contributed by atoms with E-state index in [1.165, 1.54) is 0 Å². The quantitative estimate of drug-likeness (QED) is 0.580. The van der Waals surface area contributed by atoms with Gasteiger partial charge in [-0.2, -0.15) is 0 Å². The molecule has 1 rings (SSSR count). The summed E-state index contributed by atoms with van der Waals surface area (Å²) in [6.45, 7) is 3.70. The van der Waals surface area contributed by atoms with Crippen LogP contribution in [0.5, 0.6) is 0 Å². The molecule has 1 aromatic heterocycles. The van der Waals surface area contributed by atoms with Crippen molar-refractivity contribution in [1.82, 2.24) is 4.98 Å². The summed E-state index contributed by atoms with van der Waals surface area (Å²) in [7, 11) is 0. The van der Waals surface area contributed by atoms with Gasteiger partial charge in [-0.25, -0.2) is 0 Å². The van der Waals surface area contributed by atoms with Crippen molar-refractivity contribution >= 4 is 0 Å². The Bertz CT molecular complexity index is 240. The van der Waals surface area contributed by atoms with Crippen molar-refractivity contribution < 1.29 is 5.11 Å². The molecule has 0 amide bonds. The van der Waals surface area contributed by atoms with Crippen LogP contribution in [0.3, 0.4) is 0 Å². The van der Waals surface area contributed by atoms with Crippen molar-refractivity contribution in [2.24, 2.45) is 5.73 Å². The van der Waals surface area contributed by atoms with Gasteiger partial charge in [-0.1, -0.05) is 0 Å². The van der Waals surface area contributed by atoms with Crippen molar-refractivity contribution in [3.05, 3.63) is 23.5 Å². The van der Waals surface area contributed by atoms with Crippen LogP contribution in [-0.2, 0) is 5.54 Å². The fourth-order valence-corrected chi connectivity index (χ4v) is 0.922. The summed E-state index contributed by atoms with van der Waals surface area (Å²) in [6.07, 6.45) is 0. The summed E-state index contributed by atoms with van der Waals surface area (Å²) in [5.74, 6) is 0. The Kier molecular flexibility index (Phi) is 2.02. The molecule has 1 aromatic rings. The highest BCUT2D eigenvalue weighted by Crippen LogP contribution is 2.15. The van der Waals surface area contributed by atoms with Crippen LogP contribution in [0.15, 0.2) is 12.1 Å². The van der Waals surface area contributed by atoms with E-state index in [4.69, 9.17) is 10.8 Å². The molecule has 1 atom stereocenters. The lowest BCUT2D eigenvalue weighted by molar-refractivity contribution is 0.207. The van der Waals surface area contributed by atoms with E-state index in [9.17, 15) is 0 Å². The standard InChI is InChI=1S/C8H14N2O/c1-6-3-4-7(10-6)8(2,9)5-11/h3-4,10-11H,5,9H2,1-2H3/t8-/m1/s1. The lowest BCUT2D eigenvalue weighted by Crippen LogP contribution is -2.37. The average Bonchev–Trinajstić information content (AvgIpc) is 2.36. The van der Waals surface area contributed by atoms with Gasteiger partial charge in [0.05, 0.1) is 12.1 Å². The molecule has 0 aromatic carbocycles. The number of aromatic amines is 1. The van der Waals surface area contributed by atoms with Gasteiger partial charge in [0.1, 0.15) is 0 Å². The zero-order chi connectivity index (χ0) is 8.48. The molecule has 0 aliphatic rings. The van der Waals surface area contributed by atoms with Gasteiger partial charge in [-0.3, -0.25) is 0 Å². The minimum absolute atomic E-state index is 0.0487. The average molecular weight is 154 g/mol. The Morgan fingerprint density at radius 3 is 2.64 bits per heavy atom. The number of aliphatic hydroxyl groups excluding tert-OH is 1. The number of aromatic nitrogens is 1. The maximum Gasteiger partial charge on any atom is 0.0766 e. The smallest absolute Gasteiger partial charge is 0.0766 e. The first-order chi connectivity index (χ1) is 5.06. The maximum absolute atomic E-state index is 8.91. The predicted octanol–water partition coefficient (Wildman–Crippen LogP) is 0.489. The van der Waals surface area contributed by atoms with E-state index in [0.717, 1.165) is 11.4 Å². The topological polar surface area (TPSA) is 62.0 Å². The number of rotatable bonds is 2. The molecule has 0 saturated heterocycles. The fraction of sp³-hybridized carbons (Fsp3) is 0.500. The summed E-state index contributed by atoms with van der Waals surface area (Å²) in [4.78, 5) is 3.08. The molecule has 0 unspecified atom stereocenters. The van der Waals surface area contributed by atoms with Crippen LogP contribution < -0.4 is 5.73 Å². The van der Waals surface area contributed by atoms with Gasteiger partial charge in [0, 0.05) is 11.4 Å². The predicted molar refractivity (Wildman–Crippen MR) is 44.2 cm³/mol. The van der Waals surface area contributed by atoms with Gasteiger partial charge in [0.15, 0.2) is 0 Å². The van der Waals surface area contributed by atoms with Crippen molar-refractivity contribution in [3.63, 3.8) is 0 Å². The normalized spacial score (nSPS) is 16.4. The Hall–Kier alpha value is -0.800. The van der Waals surface area contributed by atoms with Gasteiger partial charge in [0.2, 0.25) is 0 Å². The Balaban J connectivity index is 2.92. The van der Waals surface area contributed by atoms with Crippen LogP contribution in [0.2, 0.25) is 0 Å². The molecule has 0 fully saturated rings. The van der Waals surface area contributed by atoms with E-state index in [-0.39, 0.29) is 6.61 Å². The number of aliphatic hydroxyl groups is 1. The number of nitrogens with one attached hydrogen (secondary N) is 1. The monoisotopic (exact) mass is 154 g/mol. The Labute approximate surface area is 66.2 Å². The van der Waals surface area contributed by atoms with E-state index in [2.05, 4.69) is 4.98 Å². The molecule has 11 heavy (non-hydrogen) atoms. The molecule has 0 saturated carbocycles. The summed E-state index contributed by atoms with van der Waals surface area (Å²) in [6, 6.07) is 3.83. The molecule has 3 heteroatoms. The molecule has 0 aliphatic heterocycles. The number of hydrogen-bond acceptors (Lipinski definition) is 2. The van der Waals surface area contributed by atoms with E-state index in [1.807, 2.05) is 19.1 Å². The molecule has 0 aliphatic carbocycles. The van der Waals surface area contributed by atoms with Gasteiger partial charge < -0.3 is 15.8 Å². The molecule has 0 bridgehead atoms. The van der Waals surface area contributed by atoms with Crippen molar-refractivity contribution in [3.8, 4) is 0 Å². The summed E-state index contributed by atoms with van der Waals surface area (Å²) < 4.78 is 0. The third kappa shape index (κ3) is 1.61. The SMILES string of the molecule is Cc1ccc([C@](C)(N)CO)[nH]1. The number of hydrogen-bond donors (Lipinski definition) is 3. The zero-order valence-electron chi connectivity index (χ0n) is 6.89. The minimum atomic E-state index is -0.645. The summed E-state index contributed by atoms with van der Waals surface area (Å²) in [5.41, 5.74) is 7.06. The van der Waals surface area contributed by atoms with Gasteiger partial charge in [0.25, 0.3) is 0 Å². The summed E-state index contributed by atoms with van der Waals surface area (Å²) in [5, 5.41) is 8.91. The van der Waals surface area contributed by atoms with Crippen LogP contribution in [0, 0.1) is 6.92 Å². The van der Waals surface area contributed by atoms with Crippen LogP contribution in [-0.4, -0.2) is 16.7 Å². The number of nitrogens with two attached hydrogens (primary N) is 1. The highest BCUT2D eigenvalue weighted by Gasteiger charge is 2.20. The summed E-state index contributed by atoms with van der Waals surface area (Å²) >= 11 is 0. The first-order valence-corrected chi connectivity index (χ1v) is 3.62. The van der Waals surface area contributed by atoms with Crippen molar-refractivity contribution in [1.29, 1.82) is 0 Å². The maximum atomic E-state index is 8.91. The first-order valence-electron chi connectivity index (χ1n) is 3.62. The van der Waals surface area contributed by atoms with E-state index >= 15 is 0 Å². The molecule has 0 radical (unpaired) electrons. The highest BCUT2D eigenvalue weighted by atomic mass is 16.3. The van der Waals surface area contributed by atoms with Crippen molar-refractivity contribution in [2.75, 3.05) is 6.61 Å². The third-order valence-corrected chi connectivity index (χ3v) is 1.78. The molecule has 4 N–H and O–H groups in total. The van der Waals surface area contributed by atoms with Crippen LogP contribution in [0.4, 0.5) is 0 Å². The largest absolute Gasteiger partial charge is 0.394 e. The zero-order valence-corrected chi connectivity index (χ0v) is 6.89. The molecular weight excluding hydrogens is 140 g/mol. The second-order valence-electron chi connectivity index (χ2n) is 3.13. The van der Waals surface area contributed by atoms with Gasteiger partial charge in [-0.05, 0) is 26.0 Å². The highest BCUT2D eigenvalue weighted by molar-refractivity contribution is 5.18. The fourth-order valence-electron chi connectivity index (χ4n) is 0.922. The molecule has 62 valence electrons. The van der Waals surface area contributed by atoms with Crippen LogP contribution in [0.25, 0.3) is 0 Å². The minimum Gasteiger partial charge on any atom is -0.394 e. The van der Waals surface area contributed by atoms with E-state index in [1.54, 1.807) is 6.92 Å². The van der Waals surface area contributed by atoms with E-state index < -0.39 is 5.54 Å². The van der Waals surface area contributed by atoms with Crippen molar-refractivity contribution in [2.45, 2.75) is 19.4 Å². The lowest BCUT2D eigenvalue weighted by atomic mass is 10.0. The molecule has 1 heterocycles. The second kappa shape index (κ2) is 2.68. The molecular formula is C8H14N2O. The van der Waals surface area contributed by atoms with Gasteiger partial charge >= 0.3 is 0 Å². The molecule has 3 nitrogen and oxygen atoms in total. The first kappa shape index (κ1) is 8.30. The Morgan fingerprint density at radius 2 is 2.27 bits per heavy atom. The number of aryl methyl sites for hydroxylation is 1. The third-order valence-electron chi connectivity index (χ3n) is 1.78. The van der Waals surface area contributed by atoms with Gasteiger partial charge in [-0.15, -0.1) is 0 Å². The van der Waals surface area contributed by atoms with E-state index in [0.29, 0.717) is 0 Å². The Morgan fingerprint density at radius 1 is 1.64 bits per heavy atom. The van der Waals surface area contributed by atoms with Crippen LogP contribution >= 0.6 is 0 Å².